The second kappa shape index (κ2) is 5.33. The van der Waals surface area contributed by atoms with E-state index in [4.69, 9.17) is 5.73 Å². The van der Waals surface area contributed by atoms with E-state index in [9.17, 15) is 17.2 Å². The van der Waals surface area contributed by atoms with Gasteiger partial charge in [0.05, 0.1) is 5.69 Å². The topological polar surface area (TPSA) is 72.2 Å². The van der Waals surface area contributed by atoms with Crippen molar-refractivity contribution in [3.05, 3.63) is 53.1 Å². The van der Waals surface area contributed by atoms with Crippen LogP contribution in [0, 0.1) is 25.5 Å². The van der Waals surface area contributed by atoms with Crippen LogP contribution in [0.5, 0.6) is 0 Å². The smallest absolute Gasteiger partial charge is 0.264 e. The van der Waals surface area contributed by atoms with E-state index in [0.29, 0.717) is 5.56 Å². The van der Waals surface area contributed by atoms with Gasteiger partial charge in [-0.15, -0.1) is 0 Å². The summed E-state index contributed by atoms with van der Waals surface area (Å²) < 4.78 is 53.9. The average Bonchev–Trinajstić information content (AvgIpc) is 2.39. The zero-order valence-electron chi connectivity index (χ0n) is 11.4. The van der Waals surface area contributed by atoms with Gasteiger partial charge in [0, 0.05) is 11.3 Å². The Morgan fingerprint density at radius 2 is 1.76 bits per heavy atom. The van der Waals surface area contributed by atoms with Gasteiger partial charge in [-0.05, 0) is 43.7 Å². The van der Waals surface area contributed by atoms with Crippen LogP contribution in [0.2, 0.25) is 0 Å². The summed E-state index contributed by atoms with van der Waals surface area (Å²) in [6.45, 7) is 2.99. The number of rotatable bonds is 3. The van der Waals surface area contributed by atoms with E-state index >= 15 is 0 Å². The molecule has 0 unspecified atom stereocenters. The Morgan fingerprint density at radius 1 is 1.10 bits per heavy atom. The molecule has 2 aromatic carbocycles. The summed E-state index contributed by atoms with van der Waals surface area (Å²) in [5.74, 6) is -1.47. The lowest BCUT2D eigenvalue weighted by atomic mass is 10.2. The first kappa shape index (κ1) is 15.2. The molecule has 3 N–H and O–H groups in total. The fraction of sp³-hybridized carbons (Fsp3) is 0.143. The van der Waals surface area contributed by atoms with Crippen molar-refractivity contribution in [2.75, 3.05) is 10.5 Å². The van der Waals surface area contributed by atoms with E-state index in [2.05, 4.69) is 4.72 Å². The van der Waals surface area contributed by atoms with Crippen LogP contribution in [0.25, 0.3) is 0 Å². The molecule has 7 heteroatoms. The Bertz CT molecular complexity index is 805. The van der Waals surface area contributed by atoms with E-state index in [0.717, 1.165) is 12.1 Å². The molecule has 0 spiro atoms. The summed E-state index contributed by atoms with van der Waals surface area (Å²) in [5.41, 5.74) is 6.39. The summed E-state index contributed by atoms with van der Waals surface area (Å²) in [7, 11) is -4.19. The Balaban J connectivity index is 2.48. The molecule has 0 aliphatic carbocycles. The van der Waals surface area contributed by atoms with Crippen molar-refractivity contribution in [1.82, 2.24) is 0 Å². The summed E-state index contributed by atoms with van der Waals surface area (Å²) in [4.78, 5) is -0.575. The van der Waals surface area contributed by atoms with E-state index < -0.39 is 26.6 Å². The van der Waals surface area contributed by atoms with Crippen molar-refractivity contribution in [3.8, 4) is 0 Å². The first-order valence-corrected chi connectivity index (χ1v) is 7.54. The van der Waals surface area contributed by atoms with Crippen LogP contribution in [0.3, 0.4) is 0 Å². The van der Waals surface area contributed by atoms with Crippen LogP contribution in [-0.4, -0.2) is 8.42 Å². The maximum Gasteiger partial charge on any atom is 0.264 e. The van der Waals surface area contributed by atoms with E-state index in [1.807, 2.05) is 0 Å². The molecule has 4 nitrogen and oxygen atoms in total. The highest BCUT2D eigenvalue weighted by Gasteiger charge is 2.21. The minimum atomic E-state index is -4.19. The van der Waals surface area contributed by atoms with Crippen LogP contribution in [0.1, 0.15) is 11.1 Å². The normalized spacial score (nSPS) is 11.4. The second-order valence-electron chi connectivity index (χ2n) is 4.66. The van der Waals surface area contributed by atoms with Crippen molar-refractivity contribution >= 4 is 21.4 Å². The number of hydrogen-bond donors (Lipinski definition) is 2. The van der Waals surface area contributed by atoms with Crippen molar-refractivity contribution in [2.24, 2.45) is 0 Å². The van der Waals surface area contributed by atoms with Crippen LogP contribution in [0.4, 0.5) is 20.2 Å². The minimum absolute atomic E-state index is 0.0496. The molecule has 0 radical (unpaired) electrons. The highest BCUT2D eigenvalue weighted by molar-refractivity contribution is 7.92. The van der Waals surface area contributed by atoms with Gasteiger partial charge in [0.1, 0.15) is 16.5 Å². The van der Waals surface area contributed by atoms with Crippen LogP contribution in [-0.2, 0) is 10.0 Å². The van der Waals surface area contributed by atoms with Crippen molar-refractivity contribution < 1.29 is 17.2 Å². The molecule has 0 fully saturated rings. The van der Waals surface area contributed by atoms with Gasteiger partial charge in [-0.3, -0.25) is 4.72 Å². The van der Waals surface area contributed by atoms with Crippen molar-refractivity contribution in [2.45, 2.75) is 18.7 Å². The highest BCUT2D eigenvalue weighted by Crippen LogP contribution is 2.25. The third-order valence-electron chi connectivity index (χ3n) is 3.12. The van der Waals surface area contributed by atoms with Crippen LogP contribution < -0.4 is 10.5 Å². The molecule has 0 bridgehead atoms. The van der Waals surface area contributed by atoms with Gasteiger partial charge in [0.15, 0.2) is 0 Å². The Kier molecular flexibility index (Phi) is 3.87. The van der Waals surface area contributed by atoms with Gasteiger partial charge >= 0.3 is 0 Å². The zero-order chi connectivity index (χ0) is 15.8. The van der Waals surface area contributed by atoms with E-state index in [-0.39, 0.29) is 16.9 Å². The van der Waals surface area contributed by atoms with E-state index in [1.54, 1.807) is 6.92 Å². The Labute approximate surface area is 121 Å². The Hall–Kier alpha value is -2.15. The molecule has 0 aromatic heterocycles. The number of nitrogens with two attached hydrogens (primary N) is 1. The fourth-order valence-electron chi connectivity index (χ4n) is 1.79. The predicted octanol–water partition coefficient (Wildman–Crippen LogP) is 2.96. The molecule has 0 saturated carbocycles. The molecule has 0 aliphatic rings. The number of nitrogens with one attached hydrogen (secondary N) is 1. The molecule has 0 saturated heterocycles. The number of halogens is 2. The summed E-state index contributed by atoms with van der Waals surface area (Å²) in [6, 6.07) is 6.05. The van der Waals surface area contributed by atoms with Crippen LogP contribution >= 0.6 is 0 Å². The highest BCUT2D eigenvalue weighted by atomic mass is 32.2. The first-order valence-electron chi connectivity index (χ1n) is 6.06. The number of benzene rings is 2. The largest absolute Gasteiger partial charge is 0.398 e. The standard InChI is InChI=1S/C14H14F2N2O2S/c1-8-6-11(16)14(7-12(8)17)21(19,20)18-13-5-3-4-10(15)9(13)2/h3-7,18H,17H2,1-2H3. The van der Waals surface area contributed by atoms with E-state index in [1.165, 1.54) is 25.1 Å². The molecule has 2 aromatic rings. The lowest BCUT2D eigenvalue weighted by molar-refractivity contribution is 0.570. The fourth-order valence-corrected chi connectivity index (χ4v) is 3.01. The molecular weight excluding hydrogens is 298 g/mol. The van der Waals surface area contributed by atoms with Gasteiger partial charge < -0.3 is 5.73 Å². The van der Waals surface area contributed by atoms with Gasteiger partial charge in [0.25, 0.3) is 10.0 Å². The summed E-state index contributed by atoms with van der Waals surface area (Å²) >= 11 is 0. The number of sulfonamides is 1. The molecule has 2 rings (SSSR count). The van der Waals surface area contributed by atoms with Crippen molar-refractivity contribution in [1.29, 1.82) is 0 Å². The number of anilines is 2. The first-order chi connectivity index (χ1) is 9.72. The van der Waals surface area contributed by atoms with Crippen LogP contribution in [0.15, 0.2) is 35.2 Å². The predicted molar refractivity (Wildman–Crippen MR) is 77.5 cm³/mol. The monoisotopic (exact) mass is 312 g/mol. The number of aryl methyl sites for hydroxylation is 1. The molecule has 21 heavy (non-hydrogen) atoms. The quantitative estimate of drug-likeness (QED) is 0.856. The molecule has 0 amide bonds. The Morgan fingerprint density at radius 3 is 2.43 bits per heavy atom. The van der Waals surface area contributed by atoms with Gasteiger partial charge in [-0.2, -0.15) is 0 Å². The number of hydrogen-bond acceptors (Lipinski definition) is 3. The third-order valence-corrected chi connectivity index (χ3v) is 4.50. The third kappa shape index (κ3) is 2.97. The molecule has 0 heterocycles. The molecule has 0 atom stereocenters. The minimum Gasteiger partial charge on any atom is -0.398 e. The summed E-state index contributed by atoms with van der Waals surface area (Å²) in [5, 5.41) is 0. The molecule has 0 aliphatic heterocycles. The van der Waals surface area contributed by atoms with Gasteiger partial charge in [-0.25, -0.2) is 17.2 Å². The molecular formula is C14H14F2N2O2S. The second-order valence-corrected chi connectivity index (χ2v) is 6.31. The van der Waals surface area contributed by atoms with Crippen molar-refractivity contribution in [3.63, 3.8) is 0 Å². The maximum atomic E-state index is 13.9. The molecule has 112 valence electrons. The lowest BCUT2D eigenvalue weighted by Crippen LogP contribution is -2.16. The number of nitrogen functional groups attached to an aromatic ring is 1. The summed E-state index contributed by atoms with van der Waals surface area (Å²) in [6.07, 6.45) is 0. The average molecular weight is 312 g/mol. The zero-order valence-corrected chi connectivity index (χ0v) is 12.3. The maximum absolute atomic E-state index is 13.9. The lowest BCUT2D eigenvalue weighted by Gasteiger charge is -2.12. The SMILES string of the molecule is Cc1cc(F)c(S(=O)(=O)Nc2cccc(F)c2C)cc1N. The van der Waals surface area contributed by atoms with Gasteiger partial charge in [0.2, 0.25) is 0 Å². The van der Waals surface area contributed by atoms with Gasteiger partial charge in [-0.1, -0.05) is 6.07 Å².